The second-order valence-electron chi connectivity index (χ2n) is 6.23. The van der Waals surface area contributed by atoms with E-state index in [9.17, 15) is 9.90 Å². The van der Waals surface area contributed by atoms with E-state index in [1.165, 1.54) is 0 Å². The average Bonchev–Trinajstić information content (AvgIpc) is 2.78. The molecule has 25 heavy (non-hydrogen) atoms. The third kappa shape index (κ3) is 2.85. The number of nitrogens with zero attached hydrogens (tertiary/aromatic N) is 3. The Labute approximate surface area is 145 Å². The van der Waals surface area contributed by atoms with Gasteiger partial charge in [-0.1, -0.05) is 24.3 Å². The van der Waals surface area contributed by atoms with Gasteiger partial charge in [-0.05, 0) is 18.2 Å². The molecule has 0 amide bonds. The lowest BCUT2D eigenvalue weighted by atomic mass is 10.1. The molecule has 0 aliphatic carbocycles. The predicted octanol–water partition coefficient (Wildman–Crippen LogP) is 2.67. The first-order valence-corrected chi connectivity index (χ1v) is 8.24. The first-order chi connectivity index (χ1) is 12.1. The van der Waals surface area contributed by atoms with Crippen molar-refractivity contribution in [3.63, 3.8) is 0 Å². The quantitative estimate of drug-likeness (QED) is 0.796. The number of hydrogen-bond donors (Lipinski definition) is 1. The molecule has 128 valence electrons. The number of aromatic nitrogens is 2. The van der Waals surface area contributed by atoms with Gasteiger partial charge >= 0.3 is 5.97 Å². The van der Waals surface area contributed by atoms with Crippen LogP contribution in [0, 0.1) is 0 Å². The lowest BCUT2D eigenvalue weighted by molar-refractivity contribution is 0.0694. The van der Waals surface area contributed by atoms with Gasteiger partial charge in [0.05, 0.1) is 16.8 Å². The van der Waals surface area contributed by atoms with Gasteiger partial charge in [0, 0.05) is 37.6 Å². The van der Waals surface area contributed by atoms with Crippen LogP contribution in [0.2, 0.25) is 0 Å². The van der Waals surface area contributed by atoms with E-state index in [-0.39, 0.29) is 0 Å². The van der Waals surface area contributed by atoms with E-state index in [1.54, 1.807) is 12.1 Å². The Morgan fingerprint density at radius 2 is 2.08 bits per heavy atom. The molecule has 1 N–H and O–H groups in total. The summed E-state index contributed by atoms with van der Waals surface area (Å²) in [4.78, 5) is 13.7. The number of carboxylic acid groups (broad SMARTS) is 1. The van der Waals surface area contributed by atoms with Gasteiger partial charge < -0.3 is 9.84 Å². The maximum absolute atomic E-state index is 11.5. The van der Waals surface area contributed by atoms with Crippen LogP contribution in [0.5, 0.6) is 5.75 Å². The molecule has 0 radical (unpaired) electrons. The lowest BCUT2D eigenvalue weighted by Crippen LogP contribution is -2.26. The molecule has 1 aliphatic rings. The van der Waals surface area contributed by atoms with E-state index in [1.807, 2.05) is 29.9 Å². The highest BCUT2D eigenvalue weighted by atomic mass is 16.5. The molecule has 1 aromatic heterocycles. The van der Waals surface area contributed by atoms with Crippen molar-refractivity contribution < 1.29 is 14.6 Å². The highest BCUT2D eigenvalue weighted by Gasteiger charge is 2.22. The van der Waals surface area contributed by atoms with E-state index in [0.717, 1.165) is 28.7 Å². The van der Waals surface area contributed by atoms with Crippen LogP contribution < -0.4 is 4.74 Å². The summed E-state index contributed by atoms with van der Waals surface area (Å²) in [5, 5.41) is 15.2. The Kier molecular flexibility index (Phi) is 3.89. The normalized spacial score (nSPS) is 14.8. The number of aryl methyl sites for hydroxylation is 1. The molecular formula is C19H19N3O3. The van der Waals surface area contributed by atoms with Crippen molar-refractivity contribution in [2.45, 2.75) is 13.1 Å². The summed E-state index contributed by atoms with van der Waals surface area (Å²) in [5.41, 5.74) is 3.12. The summed E-state index contributed by atoms with van der Waals surface area (Å²) in [7, 11) is 1.94. The minimum atomic E-state index is -0.925. The van der Waals surface area contributed by atoms with Gasteiger partial charge in [-0.2, -0.15) is 5.10 Å². The zero-order chi connectivity index (χ0) is 17.4. The maximum atomic E-state index is 11.5. The summed E-state index contributed by atoms with van der Waals surface area (Å²) >= 11 is 0. The van der Waals surface area contributed by atoms with Crippen molar-refractivity contribution in [1.29, 1.82) is 0 Å². The summed E-state index contributed by atoms with van der Waals surface area (Å²) in [6.45, 7) is 2.43. The number of fused-ring (bicyclic) bond motifs is 2. The van der Waals surface area contributed by atoms with Crippen molar-refractivity contribution in [2.24, 2.45) is 7.05 Å². The van der Waals surface area contributed by atoms with E-state index in [0.29, 0.717) is 31.0 Å². The number of ether oxygens (including phenoxy) is 1. The summed E-state index contributed by atoms with van der Waals surface area (Å²) in [6, 6.07) is 13.3. The molecule has 1 aliphatic heterocycles. The molecular weight excluding hydrogens is 318 g/mol. The Balaban J connectivity index is 1.67. The highest BCUT2D eigenvalue weighted by molar-refractivity contribution is 5.90. The molecule has 0 saturated carbocycles. The maximum Gasteiger partial charge on any atom is 0.336 e. The number of para-hydroxylation sites is 1. The van der Waals surface area contributed by atoms with Crippen LogP contribution in [-0.2, 0) is 20.1 Å². The van der Waals surface area contributed by atoms with Crippen LogP contribution in [0.15, 0.2) is 42.5 Å². The van der Waals surface area contributed by atoms with Crippen LogP contribution in [0.25, 0.3) is 10.9 Å². The molecule has 4 rings (SSSR count). The fraction of sp³-hybridized carbons (Fsp3) is 0.263. The van der Waals surface area contributed by atoms with Gasteiger partial charge in [-0.3, -0.25) is 9.58 Å². The molecule has 0 unspecified atom stereocenters. The third-order valence-electron chi connectivity index (χ3n) is 4.62. The zero-order valence-electron chi connectivity index (χ0n) is 14.0. The van der Waals surface area contributed by atoms with E-state index in [4.69, 9.17) is 4.74 Å². The molecule has 0 saturated heterocycles. The molecule has 0 spiro atoms. The molecule has 3 aromatic rings. The molecule has 0 atom stereocenters. The van der Waals surface area contributed by atoms with Crippen molar-refractivity contribution in [2.75, 3.05) is 13.2 Å². The third-order valence-corrected chi connectivity index (χ3v) is 4.62. The van der Waals surface area contributed by atoms with Crippen molar-refractivity contribution in [1.82, 2.24) is 14.7 Å². The van der Waals surface area contributed by atoms with Gasteiger partial charge in [-0.25, -0.2) is 4.79 Å². The second-order valence-corrected chi connectivity index (χ2v) is 6.23. The van der Waals surface area contributed by atoms with Crippen LogP contribution in [0.1, 0.15) is 21.6 Å². The first-order valence-electron chi connectivity index (χ1n) is 8.24. The van der Waals surface area contributed by atoms with Crippen molar-refractivity contribution >= 4 is 16.9 Å². The Morgan fingerprint density at radius 1 is 1.24 bits per heavy atom. The van der Waals surface area contributed by atoms with Gasteiger partial charge in [0.1, 0.15) is 12.4 Å². The van der Waals surface area contributed by atoms with E-state index in [2.05, 4.69) is 22.1 Å². The smallest absolute Gasteiger partial charge is 0.336 e. The summed E-state index contributed by atoms with van der Waals surface area (Å²) in [6.07, 6.45) is 0. The fourth-order valence-electron chi connectivity index (χ4n) is 3.40. The topological polar surface area (TPSA) is 67.6 Å². The molecule has 2 heterocycles. The van der Waals surface area contributed by atoms with Gasteiger partial charge in [0.2, 0.25) is 0 Å². The Morgan fingerprint density at radius 3 is 2.92 bits per heavy atom. The Bertz CT molecular complexity index is 948. The second kappa shape index (κ2) is 6.22. The monoisotopic (exact) mass is 337 g/mol. The van der Waals surface area contributed by atoms with Crippen LogP contribution in [0.3, 0.4) is 0 Å². The van der Waals surface area contributed by atoms with E-state index < -0.39 is 5.97 Å². The van der Waals surface area contributed by atoms with Crippen molar-refractivity contribution in [3.05, 3.63) is 59.3 Å². The van der Waals surface area contributed by atoms with E-state index >= 15 is 0 Å². The largest absolute Gasteiger partial charge is 0.492 e. The summed E-state index contributed by atoms with van der Waals surface area (Å²) in [5.74, 6) is -0.265. The average molecular weight is 337 g/mol. The standard InChI is InChI=1S/C19H19N3O3/c1-21-17-7-3-2-5-14(17)16(20-21)12-22-9-10-25-18-8-4-6-13(19(23)24)15(18)11-22/h2-8H,9-12H2,1H3,(H,23,24). The Hall–Kier alpha value is -2.86. The van der Waals surface area contributed by atoms with Gasteiger partial charge in [0.15, 0.2) is 0 Å². The predicted molar refractivity (Wildman–Crippen MR) is 93.7 cm³/mol. The highest BCUT2D eigenvalue weighted by Crippen LogP contribution is 2.28. The number of carboxylic acids is 1. The number of rotatable bonds is 3. The lowest BCUT2D eigenvalue weighted by Gasteiger charge is -2.19. The number of carbonyl (C=O) groups is 1. The van der Waals surface area contributed by atoms with Crippen molar-refractivity contribution in [3.8, 4) is 5.75 Å². The molecule has 6 nitrogen and oxygen atoms in total. The minimum absolute atomic E-state index is 0.301. The first kappa shape index (κ1) is 15.7. The van der Waals surface area contributed by atoms with Crippen LogP contribution in [-0.4, -0.2) is 38.9 Å². The number of aromatic carboxylic acids is 1. The summed E-state index contributed by atoms with van der Waals surface area (Å²) < 4.78 is 7.65. The van der Waals surface area contributed by atoms with Gasteiger partial charge in [0.25, 0.3) is 0 Å². The SMILES string of the molecule is Cn1nc(CN2CCOc3cccc(C(=O)O)c3C2)c2ccccc21. The molecule has 2 aromatic carbocycles. The van der Waals surface area contributed by atoms with Crippen LogP contribution >= 0.6 is 0 Å². The molecule has 0 bridgehead atoms. The number of hydrogen-bond acceptors (Lipinski definition) is 4. The molecule has 0 fully saturated rings. The fourth-order valence-corrected chi connectivity index (χ4v) is 3.40. The molecule has 6 heteroatoms. The number of benzene rings is 2. The minimum Gasteiger partial charge on any atom is -0.492 e. The van der Waals surface area contributed by atoms with Crippen LogP contribution in [0.4, 0.5) is 0 Å². The van der Waals surface area contributed by atoms with Gasteiger partial charge in [-0.15, -0.1) is 0 Å². The zero-order valence-corrected chi connectivity index (χ0v) is 14.0.